The summed E-state index contributed by atoms with van der Waals surface area (Å²) in [5.41, 5.74) is 2.64. The van der Waals surface area contributed by atoms with Crippen LogP contribution in [0.5, 0.6) is 0 Å². The standard InChI is InChI=1S/C24H40O2/c1-16(5-4-14-25)20-8-9-21-19-7-6-17-15-18(26)10-12-23(17,2)22(19)11-13-24(20,21)3/h11,16-21,25-26H,4-10,12-15H2,1-3H3. The van der Waals surface area contributed by atoms with Crippen molar-refractivity contribution in [3.05, 3.63) is 11.6 Å². The van der Waals surface area contributed by atoms with Crippen LogP contribution in [0.4, 0.5) is 0 Å². The molecule has 0 aromatic heterocycles. The molecule has 3 saturated carbocycles. The van der Waals surface area contributed by atoms with E-state index in [-0.39, 0.29) is 6.10 Å². The van der Waals surface area contributed by atoms with Crippen LogP contribution in [0.15, 0.2) is 11.6 Å². The molecule has 0 amide bonds. The zero-order valence-electron chi connectivity index (χ0n) is 17.2. The molecule has 8 unspecified atom stereocenters. The summed E-state index contributed by atoms with van der Waals surface area (Å²) in [6, 6.07) is 0. The van der Waals surface area contributed by atoms with Gasteiger partial charge in [-0.3, -0.25) is 0 Å². The maximum absolute atomic E-state index is 10.2. The molecule has 0 aromatic rings. The van der Waals surface area contributed by atoms with Crippen molar-refractivity contribution in [3.63, 3.8) is 0 Å². The van der Waals surface area contributed by atoms with E-state index in [2.05, 4.69) is 26.8 Å². The minimum absolute atomic E-state index is 0.0534. The molecule has 0 saturated heterocycles. The minimum atomic E-state index is -0.0534. The molecule has 3 fully saturated rings. The summed E-state index contributed by atoms with van der Waals surface area (Å²) in [5, 5.41) is 19.4. The molecule has 4 aliphatic rings. The van der Waals surface area contributed by atoms with E-state index in [1.165, 1.54) is 44.9 Å². The molecule has 0 heterocycles. The molecule has 0 aromatic carbocycles. The van der Waals surface area contributed by atoms with Gasteiger partial charge in [-0.05, 0) is 105 Å². The van der Waals surface area contributed by atoms with Gasteiger partial charge < -0.3 is 10.2 Å². The Hall–Kier alpha value is -0.340. The van der Waals surface area contributed by atoms with E-state index in [1.807, 2.05) is 0 Å². The first-order valence-electron chi connectivity index (χ1n) is 11.4. The summed E-state index contributed by atoms with van der Waals surface area (Å²) in [6.07, 6.45) is 14.8. The second kappa shape index (κ2) is 6.92. The van der Waals surface area contributed by atoms with Crippen LogP contribution in [0, 0.1) is 40.4 Å². The smallest absolute Gasteiger partial charge is 0.0543 e. The fourth-order valence-electron chi connectivity index (χ4n) is 8.09. The number of aliphatic hydroxyl groups excluding tert-OH is 2. The van der Waals surface area contributed by atoms with Crippen LogP contribution in [-0.4, -0.2) is 22.9 Å². The highest BCUT2D eigenvalue weighted by Crippen LogP contribution is 2.66. The summed E-state index contributed by atoms with van der Waals surface area (Å²) in [5.74, 6) is 3.95. The van der Waals surface area contributed by atoms with Gasteiger partial charge >= 0.3 is 0 Å². The van der Waals surface area contributed by atoms with E-state index in [9.17, 15) is 10.2 Å². The lowest BCUT2D eigenvalue weighted by molar-refractivity contribution is -0.0159. The van der Waals surface area contributed by atoms with Crippen molar-refractivity contribution in [2.45, 2.75) is 91.1 Å². The van der Waals surface area contributed by atoms with Crippen molar-refractivity contribution < 1.29 is 10.2 Å². The quantitative estimate of drug-likeness (QED) is 0.665. The van der Waals surface area contributed by atoms with Gasteiger partial charge in [-0.15, -0.1) is 0 Å². The van der Waals surface area contributed by atoms with Crippen LogP contribution in [0.2, 0.25) is 0 Å². The molecular weight excluding hydrogens is 320 g/mol. The maximum atomic E-state index is 10.2. The number of hydrogen-bond acceptors (Lipinski definition) is 2. The number of fused-ring (bicyclic) bond motifs is 5. The van der Waals surface area contributed by atoms with E-state index in [0.29, 0.717) is 23.4 Å². The summed E-state index contributed by atoms with van der Waals surface area (Å²) < 4.78 is 0. The second-order valence-electron chi connectivity index (χ2n) is 10.7. The summed E-state index contributed by atoms with van der Waals surface area (Å²) in [7, 11) is 0. The van der Waals surface area contributed by atoms with Crippen molar-refractivity contribution >= 4 is 0 Å². The SMILES string of the molecule is CC(CCCO)C1CCC2C3CCC4CC(O)CCC4(C)C3=CCC12C. The van der Waals surface area contributed by atoms with E-state index in [4.69, 9.17) is 0 Å². The highest BCUT2D eigenvalue weighted by Gasteiger charge is 2.57. The molecule has 2 heteroatoms. The third-order valence-electron chi connectivity index (χ3n) is 9.57. The van der Waals surface area contributed by atoms with Crippen LogP contribution in [0.1, 0.15) is 85.0 Å². The van der Waals surface area contributed by atoms with Gasteiger partial charge in [0.25, 0.3) is 0 Å². The second-order valence-corrected chi connectivity index (χ2v) is 10.7. The van der Waals surface area contributed by atoms with Gasteiger partial charge in [0.2, 0.25) is 0 Å². The average Bonchev–Trinajstić information content (AvgIpc) is 2.97. The average molecular weight is 361 g/mol. The number of rotatable bonds is 4. The minimum Gasteiger partial charge on any atom is -0.396 e. The lowest BCUT2D eigenvalue weighted by atomic mass is 9.48. The van der Waals surface area contributed by atoms with Gasteiger partial charge in [0.1, 0.15) is 0 Å². The highest BCUT2D eigenvalue weighted by atomic mass is 16.3. The first kappa shape index (κ1) is 19.0. The summed E-state index contributed by atoms with van der Waals surface area (Å²) in [4.78, 5) is 0. The molecule has 2 N–H and O–H groups in total. The van der Waals surface area contributed by atoms with Crippen molar-refractivity contribution in [1.29, 1.82) is 0 Å². The molecular formula is C24H40O2. The Bertz CT molecular complexity index is 554. The van der Waals surface area contributed by atoms with Crippen LogP contribution in [0.3, 0.4) is 0 Å². The molecule has 0 aliphatic heterocycles. The lowest BCUT2D eigenvalue weighted by Gasteiger charge is -2.57. The molecule has 4 aliphatic carbocycles. The zero-order chi connectivity index (χ0) is 18.5. The Kier molecular flexibility index (Phi) is 5.06. The lowest BCUT2D eigenvalue weighted by Crippen LogP contribution is -2.48. The third-order valence-corrected chi connectivity index (χ3v) is 9.57. The normalized spacial score (nSPS) is 49.0. The van der Waals surface area contributed by atoms with Crippen LogP contribution >= 0.6 is 0 Å². The predicted octanol–water partition coefficient (Wildman–Crippen LogP) is 5.33. The molecule has 0 bridgehead atoms. The van der Waals surface area contributed by atoms with Crippen molar-refractivity contribution in [2.75, 3.05) is 6.61 Å². The Labute approximate surface area is 160 Å². The first-order valence-corrected chi connectivity index (χ1v) is 11.4. The molecule has 2 nitrogen and oxygen atoms in total. The van der Waals surface area contributed by atoms with E-state index >= 15 is 0 Å². The van der Waals surface area contributed by atoms with Crippen molar-refractivity contribution in [1.82, 2.24) is 0 Å². The van der Waals surface area contributed by atoms with Gasteiger partial charge in [0, 0.05) is 6.61 Å². The fraction of sp³-hybridized carbons (Fsp3) is 0.917. The number of allylic oxidation sites excluding steroid dienone is 2. The van der Waals surface area contributed by atoms with Gasteiger partial charge in [-0.25, -0.2) is 0 Å². The summed E-state index contributed by atoms with van der Waals surface area (Å²) >= 11 is 0. The highest BCUT2D eigenvalue weighted by molar-refractivity contribution is 5.29. The molecule has 4 rings (SSSR count). The molecule has 26 heavy (non-hydrogen) atoms. The molecule has 148 valence electrons. The topological polar surface area (TPSA) is 40.5 Å². The Balaban J connectivity index is 1.58. The molecule has 0 spiro atoms. The molecule has 8 atom stereocenters. The Morgan fingerprint density at radius 3 is 2.73 bits per heavy atom. The van der Waals surface area contributed by atoms with Crippen molar-refractivity contribution in [3.8, 4) is 0 Å². The van der Waals surface area contributed by atoms with E-state index < -0.39 is 0 Å². The third kappa shape index (κ3) is 2.82. The monoisotopic (exact) mass is 360 g/mol. The number of aliphatic hydroxyl groups is 2. The Morgan fingerprint density at radius 2 is 1.96 bits per heavy atom. The van der Waals surface area contributed by atoms with Crippen molar-refractivity contribution in [2.24, 2.45) is 40.4 Å². The van der Waals surface area contributed by atoms with Gasteiger partial charge in [0.15, 0.2) is 0 Å². The molecule has 0 radical (unpaired) electrons. The fourth-order valence-corrected chi connectivity index (χ4v) is 8.09. The van der Waals surface area contributed by atoms with E-state index in [0.717, 1.165) is 42.9 Å². The zero-order valence-corrected chi connectivity index (χ0v) is 17.2. The van der Waals surface area contributed by atoms with E-state index in [1.54, 1.807) is 5.57 Å². The van der Waals surface area contributed by atoms with Crippen LogP contribution in [0.25, 0.3) is 0 Å². The van der Waals surface area contributed by atoms with Gasteiger partial charge in [-0.1, -0.05) is 32.4 Å². The maximum Gasteiger partial charge on any atom is 0.0543 e. The summed E-state index contributed by atoms with van der Waals surface area (Å²) in [6.45, 7) is 7.90. The van der Waals surface area contributed by atoms with Gasteiger partial charge in [-0.2, -0.15) is 0 Å². The largest absolute Gasteiger partial charge is 0.396 e. The first-order chi connectivity index (χ1) is 12.4. The van der Waals surface area contributed by atoms with Crippen LogP contribution < -0.4 is 0 Å². The van der Waals surface area contributed by atoms with Crippen LogP contribution in [-0.2, 0) is 0 Å². The number of hydrogen-bond donors (Lipinski definition) is 2. The Morgan fingerprint density at radius 1 is 1.15 bits per heavy atom. The van der Waals surface area contributed by atoms with Gasteiger partial charge in [0.05, 0.1) is 6.10 Å². The predicted molar refractivity (Wildman–Crippen MR) is 107 cm³/mol.